The standard InChI is InChI=1S/C17H15ClN6O2/c1-2-26-17(25)12-5-9-3-4-11(18)10(13(9)23-12)6-24-8-22-14-15(19)20-7-21-16(14)24/h3-5,7-8,23H,2,6H2,1H3,(H2,19,20,21). The fourth-order valence-electron chi connectivity index (χ4n) is 2.89. The molecule has 4 aromatic rings. The molecule has 0 amide bonds. The van der Waals surface area contributed by atoms with Crippen molar-refractivity contribution in [3.05, 3.63) is 47.1 Å². The van der Waals surface area contributed by atoms with Gasteiger partial charge in [0, 0.05) is 16.0 Å². The number of nitrogens with two attached hydrogens (primary N) is 1. The molecule has 0 fully saturated rings. The van der Waals surface area contributed by atoms with E-state index in [4.69, 9.17) is 22.1 Å². The fourth-order valence-corrected chi connectivity index (χ4v) is 3.11. The molecule has 0 aliphatic rings. The minimum atomic E-state index is -0.403. The number of esters is 1. The molecule has 0 unspecified atom stereocenters. The van der Waals surface area contributed by atoms with Crippen LogP contribution in [0.1, 0.15) is 23.0 Å². The van der Waals surface area contributed by atoms with Crippen LogP contribution in [0.5, 0.6) is 0 Å². The van der Waals surface area contributed by atoms with Gasteiger partial charge in [0.15, 0.2) is 11.5 Å². The molecule has 0 saturated carbocycles. The third-order valence-corrected chi connectivity index (χ3v) is 4.45. The predicted octanol–water partition coefficient (Wildman–Crippen LogP) is 2.77. The Hall–Kier alpha value is -3.13. The molecule has 3 aromatic heterocycles. The second-order valence-corrected chi connectivity index (χ2v) is 6.10. The first-order chi connectivity index (χ1) is 12.6. The van der Waals surface area contributed by atoms with Gasteiger partial charge in [-0.15, -0.1) is 0 Å². The summed E-state index contributed by atoms with van der Waals surface area (Å²) in [5.74, 6) is -0.0816. The van der Waals surface area contributed by atoms with Crippen molar-refractivity contribution in [1.29, 1.82) is 0 Å². The predicted molar refractivity (Wildman–Crippen MR) is 98.1 cm³/mol. The Labute approximate surface area is 153 Å². The summed E-state index contributed by atoms with van der Waals surface area (Å²) in [5.41, 5.74) is 8.95. The number of fused-ring (bicyclic) bond motifs is 2. The van der Waals surface area contributed by atoms with Crippen LogP contribution in [0.2, 0.25) is 5.02 Å². The van der Waals surface area contributed by atoms with E-state index in [1.807, 2.05) is 10.6 Å². The van der Waals surface area contributed by atoms with Crippen LogP contribution >= 0.6 is 11.6 Å². The van der Waals surface area contributed by atoms with Gasteiger partial charge in [0.2, 0.25) is 0 Å². The monoisotopic (exact) mass is 370 g/mol. The minimum Gasteiger partial charge on any atom is -0.461 e. The summed E-state index contributed by atoms with van der Waals surface area (Å²) < 4.78 is 6.89. The van der Waals surface area contributed by atoms with Crippen molar-refractivity contribution in [3.8, 4) is 0 Å². The first-order valence-corrected chi connectivity index (χ1v) is 8.34. The van der Waals surface area contributed by atoms with Gasteiger partial charge in [0.1, 0.15) is 17.5 Å². The average Bonchev–Trinajstić information content (AvgIpc) is 3.23. The quantitative estimate of drug-likeness (QED) is 0.534. The highest BCUT2D eigenvalue weighted by molar-refractivity contribution is 6.32. The maximum absolute atomic E-state index is 12.0. The summed E-state index contributed by atoms with van der Waals surface area (Å²) in [6.07, 6.45) is 3.03. The van der Waals surface area contributed by atoms with Crippen molar-refractivity contribution in [3.63, 3.8) is 0 Å². The zero-order valence-electron chi connectivity index (χ0n) is 13.9. The summed E-state index contributed by atoms with van der Waals surface area (Å²) in [4.78, 5) is 27.6. The Bertz CT molecular complexity index is 1130. The second kappa shape index (κ2) is 6.30. The second-order valence-electron chi connectivity index (χ2n) is 5.70. The minimum absolute atomic E-state index is 0.309. The van der Waals surface area contributed by atoms with Crippen molar-refractivity contribution in [2.45, 2.75) is 13.5 Å². The zero-order valence-corrected chi connectivity index (χ0v) is 14.6. The molecule has 3 heterocycles. The molecule has 26 heavy (non-hydrogen) atoms. The van der Waals surface area contributed by atoms with Gasteiger partial charge in [0.05, 0.1) is 25.0 Å². The van der Waals surface area contributed by atoms with Gasteiger partial charge in [-0.2, -0.15) is 0 Å². The number of aromatic nitrogens is 5. The molecule has 0 spiro atoms. The van der Waals surface area contributed by atoms with E-state index in [0.717, 1.165) is 16.5 Å². The molecular weight excluding hydrogens is 356 g/mol. The van der Waals surface area contributed by atoms with Crippen LogP contribution in [0.3, 0.4) is 0 Å². The Morgan fingerprint density at radius 2 is 2.19 bits per heavy atom. The number of aromatic amines is 1. The van der Waals surface area contributed by atoms with Crippen LogP contribution in [-0.2, 0) is 11.3 Å². The van der Waals surface area contributed by atoms with Crippen LogP contribution in [-0.4, -0.2) is 37.1 Å². The highest BCUT2D eigenvalue weighted by Crippen LogP contribution is 2.28. The first-order valence-electron chi connectivity index (χ1n) is 7.97. The van der Waals surface area contributed by atoms with E-state index in [-0.39, 0.29) is 0 Å². The van der Waals surface area contributed by atoms with E-state index < -0.39 is 5.97 Å². The van der Waals surface area contributed by atoms with Gasteiger partial charge < -0.3 is 20.0 Å². The summed E-state index contributed by atoms with van der Waals surface area (Å²) in [7, 11) is 0. The normalized spacial score (nSPS) is 11.3. The number of nitrogens with one attached hydrogen (secondary N) is 1. The first kappa shape index (κ1) is 16.3. The number of halogens is 1. The molecule has 0 saturated heterocycles. The van der Waals surface area contributed by atoms with Crippen LogP contribution in [0.25, 0.3) is 22.1 Å². The van der Waals surface area contributed by atoms with Gasteiger partial charge in [-0.1, -0.05) is 17.7 Å². The van der Waals surface area contributed by atoms with Gasteiger partial charge in [-0.3, -0.25) is 0 Å². The third-order valence-electron chi connectivity index (χ3n) is 4.10. The largest absolute Gasteiger partial charge is 0.461 e. The third kappa shape index (κ3) is 2.64. The molecule has 0 atom stereocenters. The molecular formula is C17H15ClN6O2. The zero-order chi connectivity index (χ0) is 18.3. The van der Waals surface area contributed by atoms with Crippen molar-refractivity contribution in [2.24, 2.45) is 0 Å². The van der Waals surface area contributed by atoms with Crippen molar-refractivity contribution >= 4 is 45.5 Å². The molecule has 3 N–H and O–H groups in total. The highest BCUT2D eigenvalue weighted by atomic mass is 35.5. The van der Waals surface area contributed by atoms with Crippen molar-refractivity contribution in [2.75, 3.05) is 12.3 Å². The van der Waals surface area contributed by atoms with Crippen LogP contribution in [0, 0.1) is 0 Å². The van der Waals surface area contributed by atoms with E-state index in [1.54, 1.807) is 25.4 Å². The lowest BCUT2D eigenvalue weighted by Gasteiger charge is -2.08. The van der Waals surface area contributed by atoms with Gasteiger partial charge in [-0.05, 0) is 19.1 Å². The maximum Gasteiger partial charge on any atom is 0.354 e. The number of H-pyrrole nitrogens is 1. The lowest BCUT2D eigenvalue weighted by atomic mass is 10.1. The van der Waals surface area contributed by atoms with E-state index in [0.29, 0.717) is 40.8 Å². The van der Waals surface area contributed by atoms with E-state index in [9.17, 15) is 4.79 Å². The molecule has 132 valence electrons. The Kier molecular flexibility index (Phi) is 3.96. The number of hydrogen-bond donors (Lipinski definition) is 2. The summed E-state index contributed by atoms with van der Waals surface area (Å²) in [6.45, 7) is 2.48. The Balaban J connectivity index is 1.81. The number of carbonyl (C=O) groups excluding carboxylic acids is 1. The Morgan fingerprint density at radius 1 is 1.35 bits per heavy atom. The summed E-state index contributed by atoms with van der Waals surface area (Å²) in [6, 6.07) is 5.40. The molecule has 8 nitrogen and oxygen atoms in total. The van der Waals surface area contributed by atoms with Crippen LogP contribution < -0.4 is 5.73 Å². The lowest BCUT2D eigenvalue weighted by Crippen LogP contribution is -2.05. The molecule has 1 aromatic carbocycles. The molecule has 0 bridgehead atoms. The number of hydrogen-bond acceptors (Lipinski definition) is 6. The molecule has 0 aliphatic heterocycles. The van der Waals surface area contributed by atoms with Crippen LogP contribution in [0.4, 0.5) is 5.82 Å². The Morgan fingerprint density at radius 3 is 3.00 bits per heavy atom. The topological polar surface area (TPSA) is 112 Å². The fraction of sp³-hybridized carbons (Fsp3) is 0.176. The molecule has 4 rings (SSSR count). The average molecular weight is 371 g/mol. The van der Waals surface area contributed by atoms with Gasteiger partial charge in [-0.25, -0.2) is 19.7 Å². The van der Waals surface area contributed by atoms with Gasteiger partial charge >= 0.3 is 5.97 Å². The number of rotatable bonds is 4. The molecule has 9 heteroatoms. The van der Waals surface area contributed by atoms with Crippen molar-refractivity contribution in [1.82, 2.24) is 24.5 Å². The maximum atomic E-state index is 12.0. The summed E-state index contributed by atoms with van der Waals surface area (Å²) >= 11 is 6.43. The summed E-state index contributed by atoms with van der Waals surface area (Å²) in [5, 5.41) is 1.43. The number of imidazole rings is 1. The number of ether oxygens (including phenoxy) is 1. The number of nitrogen functional groups attached to an aromatic ring is 1. The van der Waals surface area contributed by atoms with Crippen molar-refractivity contribution < 1.29 is 9.53 Å². The van der Waals surface area contributed by atoms with E-state index in [1.165, 1.54) is 6.33 Å². The number of benzene rings is 1. The van der Waals surface area contributed by atoms with E-state index in [2.05, 4.69) is 19.9 Å². The lowest BCUT2D eigenvalue weighted by molar-refractivity contribution is 0.0520. The number of carbonyl (C=O) groups is 1. The smallest absolute Gasteiger partial charge is 0.354 e. The molecule has 0 aliphatic carbocycles. The van der Waals surface area contributed by atoms with Crippen LogP contribution in [0.15, 0.2) is 30.9 Å². The van der Waals surface area contributed by atoms with E-state index >= 15 is 0 Å². The molecule has 0 radical (unpaired) electrons. The SMILES string of the molecule is CCOC(=O)c1cc2ccc(Cl)c(Cn3cnc4c(N)ncnc43)c2[nH]1. The number of nitrogens with zero attached hydrogens (tertiary/aromatic N) is 4. The number of anilines is 1. The van der Waals surface area contributed by atoms with Gasteiger partial charge in [0.25, 0.3) is 0 Å². The highest BCUT2D eigenvalue weighted by Gasteiger charge is 2.16.